The lowest BCUT2D eigenvalue weighted by molar-refractivity contribution is -0.870. The molecule has 0 aromatic rings. The van der Waals surface area contributed by atoms with E-state index < -0.39 is 26.5 Å². The number of hydrogen-bond acceptors (Lipinski definition) is 7. The molecule has 0 rings (SSSR count). The fraction of sp³-hybridized carbons (Fsp3) is 0.789. The van der Waals surface area contributed by atoms with Gasteiger partial charge in [-0.3, -0.25) is 18.6 Å². The lowest BCUT2D eigenvalue weighted by Gasteiger charge is -2.24. The Balaban J connectivity index is 4.02. The van der Waals surface area contributed by atoms with E-state index in [9.17, 15) is 19.0 Å². The predicted molar refractivity (Wildman–Crippen MR) is 372 cm³/mol. The zero-order chi connectivity index (χ0) is 62.6. The predicted octanol–water partition coefficient (Wildman–Crippen LogP) is 23.7. The van der Waals surface area contributed by atoms with Gasteiger partial charge < -0.3 is 18.9 Å². The first-order valence-corrected chi connectivity index (χ1v) is 37.8. The van der Waals surface area contributed by atoms with Gasteiger partial charge >= 0.3 is 19.8 Å². The fourth-order valence-corrected chi connectivity index (χ4v) is 11.1. The SMILES string of the molecule is CC/C=C\C/C=C\C/C=C\C/C=C\C/C=C\C/C=C\CCCCCCCCCCCCCCCCC(=O)OC(COC(=O)CCCCCCCCCCCCCCCCCCC/C=C\CCCCCCCCCC)COP(=O)(O)OCC[N+](C)(C)C. The van der Waals surface area contributed by atoms with Gasteiger partial charge in [0.2, 0.25) is 0 Å². The first kappa shape index (κ1) is 83.2. The number of ether oxygens (including phenoxy) is 2. The smallest absolute Gasteiger partial charge is 0.462 e. The summed E-state index contributed by atoms with van der Waals surface area (Å²) < 4.78 is 34.8. The summed E-state index contributed by atoms with van der Waals surface area (Å²) in [5.74, 6) is -0.785. The third-order valence-corrected chi connectivity index (χ3v) is 16.9. The van der Waals surface area contributed by atoms with Crippen LogP contribution in [-0.2, 0) is 32.7 Å². The van der Waals surface area contributed by atoms with Crippen molar-refractivity contribution in [2.45, 2.75) is 341 Å². The molecule has 0 amide bonds. The van der Waals surface area contributed by atoms with Crippen molar-refractivity contribution in [2.24, 2.45) is 0 Å². The molecule has 0 saturated carbocycles. The van der Waals surface area contributed by atoms with Gasteiger partial charge in [-0.15, -0.1) is 0 Å². The maximum atomic E-state index is 12.9. The second-order valence-electron chi connectivity index (χ2n) is 25.6. The summed E-state index contributed by atoms with van der Waals surface area (Å²) in [5, 5.41) is 0. The maximum absolute atomic E-state index is 12.9. The number of quaternary nitrogens is 1. The van der Waals surface area contributed by atoms with Crippen LogP contribution >= 0.6 is 7.82 Å². The van der Waals surface area contributed by atoms with Crippen LogP contribution in [0.15, 0.2) is 85.1 Å². The van der Waals surface area contributed by atoms with Gasteiger partial charge in [-0.1, -0.05) is 317 Å². The molecule has 0 aliphatic carbocycles. The maximum Gasteiger partial charge on any atom is 0.472 e. The van der Waals surface area contributed by atoms with Crippen molar-refractivity contribution in [3.63, 3.8) is 0 Å². The molecule has 500 valence electrons. The summed E-state index contributed by atoms with van der Waals surface area (Å²) in [6.45, 7) is 4.36. The first-order chi connectivity index (χ1) is 42.0. The van der Waals surface area contributed by atoms with Crippen molar-refractivity contribution in [3.8, 4) is 0 Å². The van der Waals surface area contributed by atoms with Gasteiger partial charge in [-0.25, -0.2) is 4.57 Å². The second kappa shape index (κ2) is 66.6. The average molecular weight is 1230 g/mol. The van der Waals surface area contributed by atoms with Gasteiger partial charge in [0, 0.05) is 12.8 Å². The van der Waals surface area contributed by atoms with Crippen LogP contribution in [0.5, 0.6) is 0 Å². The average Bonchev–Trinajstić information content (AvgIpc) is 3.70. The molecule has 0 aromatic carbocycles. The topological polar surface area (TPSA) is 108 Å². The molecule has 0 aliphatic rings. The van der Waals surface area contributed by atoms with Crippen LogP contribution in [0.25, 0.3) is 0 Å². The van der Waals surface area contributed by atoms with Crippen molar-refractivity contribution in [2.75, 3.05) is 47.5 Å². The molecule has 0 heterocycles. The summed E-state index contributed by atoms with van der Waals surface area (Å²) in [4.78, 5) is 35.9. The molecular weight excluding hydrogens is 1090 g/mol. The summed E-state index contributed by atoms with van der Waals surface area (Å²) in [7, 11) is 1.48. The molecule has 2 atom stereocenters. The van der Waals surface area contributed by atoms with Crippen LogP contribution in [0, 0.1) is 0 Å². The number of carbonyl (C=O) groups excluding carboxylic acids is 2. The zero-order valence-corrected chi connectivity index (χ0v) is 57.9. The minimum Gasteiger partial charge on any atom is -0.462 e. The number of phosphoric acid groups is 1. The minimum absolute atomic E-state index is 0.0307. The van der Waals surface area contributed by atoms with Gasteiger partial charge in [0.05, 0.1) is 27.7 Å². The quantitative estimate of drug-likeness (QED) is 0.0211. The van der Waals surface area contributed by atoms with E-state index in [2.05, 4.69) is 98.9 Å². The molecule has 1 N–H and O–H groups in total. The van der Waals surface area contributed by atoms with Crippen molar-refractivity contribution < 1.29 is 42.1 Å². The van der Waals surface area contributed by atoms with Gasteiger partial charge in [0.25, 0.3) is 0 Å². The number of esters is 2. The highest BCUT2D eigenvalue weighted by atomic mass is 31.2. The standard InChI is InChI=1S/C76H138NO8P/c1-6-8-10-12-14-16-18-20-22-24-26-28-30-32-34-36-37-38-39-41-43-45-47-49-51-53-55-57-59-61-63-65-67-69-76(79)85-74(73-84-86(80,81)83-71-70-77(3,4)5)72-82-75(78)68-66-64-62-60-58-56-54-52-50-48-46-44-42-40-35-33-31-29-27-25-23-21-19-17-15-13-11-9-7-2/h8,10,14,16,20,22,25-28,32,34,37-38,74H,6-7,9,11-13,15,17-19,21,23-24,29-31,33,35-36,39-73H2,1-5H3/p+1/b10-8-,16-14-,22-20-,27-25-,28-26-,34-32-,38-37-. The molecule has 0 bridgehead atoms. The van der Waals surface area contributed by atoms with E-state index in [1.165, 1.54) is 225 Å². The highest BCUT2D eigenvalue weighted by molar-refractivity contribution is 7.47. The van der Waals surface area contributed by atoms with Gasteiger partial charge in [0.15, 0.2) is 6.10 Å². The first-order valence-electron chi connectivity index (χ1n) is 36.3. The Morgan fingerprint density at radius 2 is 0.663 bits per heavy atom. The second-order valence-corrected chi connectivity index (χ2v) is 27.0. The molecule has 0 radical (unpaired) electrons. The van der Waals surface area contributed by atoms with Crippen molar-refractivity contribution in [1.82, 2.24) is 0 Å². The molecule has 0 aromatic heterocycles. The van der Waals surface area contributed by atoms with Crippen LogP contribution in [-0.4, -0.2) is 74.9 Å². The van der Waals surface area contributed by atoms with E-state index in [1.807, 2.05) is 21.1 Å². The van der Waals surface area contributed by atoms with Crippen molar-refractivity contribution >= 4 is 19.8 Å². The number of carbonyl (C=O) groups is 2. The van der Waals surface area contributed by atoms with E-state index in [1.54, 1.807) is 0 Å². The van der Waals surface area contributed by atoms with Gasteiger partial charge in [-0.2, -0.15) is 0 Å². The largest absolute Gasteiger partial charge is 0.472 e. The Bertz CT molecular complexity index is 1730. The Kier molecular flexibility index (Phi) is 64.4. The minimum atomic E-state index is -4.40. The summed E-state index contributed by atoms with van der Waals surface area (Å²) in [6.07, 6.45) is 91.2. The number of rotatable bonds is 67. The van der Waals surface area contributed by atoms with Crippen LogP contribution in [0.2, 0.25) is 0 Å². The van der Waals surface area contributed by atoms with E-state index in [4.69, 9.17) is 18.5 Å². The zero-order valence-electron chi connectivity index (χ0n) is 57.0. The Morgan fingerprint density at radius 1 is 0.372 bits per heavy atom. The molecule has 86 heavy (non-hydrogen) atoms. The number of nitrogens with zero attached hydrogens (tertiary/aromatic N) is 1. The Morgan fingerprint density at radius 3 is 1.00 bits per heavy atom. The van der Waals surface area contributed by atoms with Crippen molar-refractivity contribution in [1.29, 1.82) is 0 Å². The van der Waals surface area contributed by atoms with E-state index in [-0.39, 0.29) is 25.6 Å². The van der Waals surface area contributed by atoms with Crippen LogP contribution < -0.4 is 0 Å². The van der Waals surface area contributed by atoms with Crippen molar-refractivity contribution in [3.05, 3.63) is 85.1 Å². The number of allylic oxidation sites excluding steroid dienone is 14. The van der Waals surface area contributed by atoms with Crippen LogP contribution in [0.3, 0.4) is 0 Å². The van der Waals surface area contributed by atoms with Gasteiger partial charge in [-0.05, 0) is 89.9 Å². The van der Waals surface area contributed by atoms with Crippen LogP contribution in [0.1, 0.15) is 335 Å². The summed E-state index contributed by atoms with van der Waals surface area (Å²) >= 11 is 0. The molecule has 9 nitrogen and oxygen atoms in total. The molecular formula is C76H139NO8P+. The lowest BCUT2D eigenvalue weighted by atomic mass is 10.0. The molecule has 2 unspecified atom stereocenters. The summed E-state index contributed by atoms with van der Waals surface area (Å²) in [5.41, 5.74) is 0. The number of likely N-dealkylation sites (N-methyl/N-ethyl adjacent to an activating group) is 1. The molecule has 0 saturated heterocycles. The number of unbranched alkanes of at least 4 members (excludes halogenated alkanes) is 39. The third kappa shape index (κ3) is 70.3. The monoisotopic (exact) mass is 1230 g/mol. The normalized spacial score (nSPS) is 13.6. The molecule has 0 fully saturated rings. The molecule has 10 heteroatoms. The van der Waals surface area contributed by atoms with Gasteiger partial charge in [0.1, 0.15) is 19.8 Å². The molecule has 0 spiro atoms. The Labute approximate surface area is 532 Å². The number of phosphoric ester groups is 1. The van der Waals surface area contributed by atoms with E-state index >= 15 is 0 Å². The van der Waals surface area contributed by atoms with Crippen LogP contribution in [0.4, 0.5) is 0 Å². The highest BCUT2D eigenvalue weighted by Crippen LogP contribution is 2.43. The Hall–Kier alpha value is -2.81. The fourth-order valence-electron chi connectivity index (χ4n) is 10.4. The summed E-state index contributed by atoms with van der Waals surface area (Å²) in [6, 6.07) is 0. The third-order valence-electron chi connectivity index (χ3n) is 15.9. The lowest BCUT2D eigenvalue weighted by Crippen LogP contribution is -2.37. The number of hydrogen-bond donors (Lipinski definition) is 1. The van der Waals surface area contributed by atoms with E-state index in [0.29, 0.717) is 23.9 Å². The highest BCUT2D eigenvalue weighted by Gasteiger charge is 2.27. The molecule has 0 aliphatic heterocycles. The van der Waals surface area contributed by atoms with E-state index in [0.717, 1.165) is 77.0 Å².